The van der Waals surface area contributed by atoms with Crippen LogP contribution in [0.15, 0.2) is 53.6 Å². The van der Waals surface area contributed by atoms with Gasteiger partial charge in [-0.15, -0.1) is 0 Å². The zero-order valence-corrected chi connectivity index (χ0v) is 13.3. The molecule has 0 fully saturated rings. The number of nitrogens with one attached hydrogen (secondary N) is 1. The van der Waals surface area contributed by atoms with E-state index in [-0.39, 0.29) is 12.3 Å². The number of hydrogen-bond donors (Lipinski definition) is 1. The molecule has 0 radical (unpaired) electrons. The van der Waals surface area contributed by atoms with Gasteiger partial charge in [-0.05, 0) is 54.4 Å². The Kier molecular flexibility index (Phi) is 6.17. The molecule has 2 aromatic rings. The first-order valence-electron chi connectivity index (χ1n) is 7.39. The van der Waals surface area contributed by atoms with E-state index in [1.165, 1.54) is 0 Å². The van der Waals surface area contributed by atoms with Gasteiger partial charge in [0.15, 0.2) is 0 Å². The number of ether oxygens (including phenoxy) is 2. The van der Waals surface area contributed by atoms with Gasteiger partial charge < -0.3 is 9.47 Å². The predicted octanol–water partition coefficient (Wildman–Crippen LogP) is 2.79. The van der Waals surface area contributed by atoms with Gasteiger partial charge in [-0.3, -0.25) is 4.79 Å². The van der Waals surface area contributed by atoms with Crippen molar-refractivity contribution in [1.82, 2.24) is 5.43 Å². The minimum absolute atomic E-state index is 0.168. The Hall–Kier alpha value is -2.82. The zero-order chi connectivity index (χ0) is 16.5. The zero-order valence-electron chi connectivity index (χ0n) is 13.3. The van der Waals surface area contributed by atoms with Gasteiger partial charge in [0, 0.05) is 0 Å². The van der Waals surface area contributed by atoms with Crippen LogP contribution in [-0.4, -0.2) is 25.8 Å². The highest BCUT2D eigenvalue weighted by atomic mass is 16.5. The van der Waals surface area contributed by atoms with Crippen molar-refractivity contribution in [2.75, 3.05) is 13.7 Å². The van der Waals surface area contributed by atoms with Crippen molar-refractivity contribution in [1.29, 1.82) is 0 Å². The number of carbonyl (C=O) groups is 1. The van der Waals surface area contributed by atoms with Crippen LogP contribution in [0.2, 0.25) is 0 Å². The second-order valence-electron chi connectivity index (χ2n) is 4.82. The van der Waals surface area contributed by atoms with E-state index in [2.05, 4.69) is 10.5 Å². The van der Waals surface area contributed by atoms with Crippen molar-refractivity contribution >= 4 is 12.1 Å². The lowest BCUT2D eigenvalue weighted by Crippen LogP contribution is -2.19. The molecule has 0 saturated heterocycles. The fourth-order valence-electron chi connectivity index (χ4n) is 1.96. The molecule has 1 amide bonds. The lowest BCUT2D eigenvalue weighted by molar-refractivity contribution is -0.120. The lowest BCUT2D eigenvalue weighted by Gasteiger charge is -2.04. The van der Waals surface area contributed by atoms with Crippen molar-refractivity contribution < 1.29 is 14.3 Å². The van der Waals surface area contributed by atoms with E-state index < -0.39 is 0 Å². The van der Waals surface area contributed by atoms with Crippen molar-refractivity contribution in [2.24, 2.45) is 5.10 Å². The average Bonchev–Trinajstić information content (AvgIpc) is 2.57. The van der Waals surface area contributed by atoms with Crippen LogP contribution < -0.4 is 14.9 Å². The lowest BCUT2D eigenvalue weighted by atomic mass is 10.1. The summed E-state index contributed by atoms with van der Waals surface area (Å²) in [5, 5.41) is 3.95. The van der Waals surface area contributed by atoms with Gasteiger partial charge in [-0.25, -0.2) is 5.43 Å². The minimum Gasteiger partial charge on any atom is -0.497 e. The molecule has 5 nitrogen and oxygen atoms in total. The maximum absolute atomic E-state index is 11.8. The molecule has 5 heteroatoms. The fraction of sp³-hybridized carbons (Fsp3) is 0.222. The fourth-order valence-corrected chi connectivity index (χ4v) is 1.96. The van der Waals surface area contributed by atoms with Crippen LogP contribution in [0, 0.1) is 0 Å². The third-order valence-electron chi connectivity index (χ3n) is 3.12. The van der Waals surface area contributed by atoms with Gasteiger partial charge in [0.2, 0.25) is 5.91 Å². The first-order valence-corrected chi connectivity index (χ1v) is 7.39. The standard InChI is InChI=1S/C18H20N2O3/c1-3-23-17-10-4-14(5-11-17)12-18(21)20-19-13-15-6-8-16(22-2)9-7-15/h4-11,13H,3,12H2,1-2H3,(H,20,21)/b19-13+. The first-order chi connectivity index (χ1) is 11.2. The first kappa shape index (κ1) is 16.5. The molecule has 0 aliphatic rings. The van der Waals surface area contributed by atoms with Gasteiger partial charge in [-0.1, -0.05) is 12.1 Å². The largest absolute Gasteiger partial charge is 0.497 e. The number of hydrazone groups is 1. The van der Waals surface area contributed by atoms with Gasteiger partial charge in [0.1, 0.15) is 11.5 Å². The summed E-state index contributed by atoms with van der Waals surface area (Å²) in [5.74, 6) is 1.41. The molecule has 0 aliphatic carbocycles. The third-order valence-corrected chi connectivity index (χ3v) is 3.12. The van der Waals surface area contributed by atoms with Gasteiger partial charge >= 0.3 is 0 Å². The van der Waals surface area contributed by atoms with E-state index in [0.717, 1.165) is 22.6 Å². The smallest absolute Gasteiger partial charge is 0.244 e. The Balaban J connectivity index is 1.82. The molecule has 0 bridgehead atoms. The summed E-state index contributed by atoms with van der Waals surface area (Å²) in [4.78, 5) is 11.8. The van der Waals surface area contributed by atoms with E-state index in [0.29, 0.717) is 6.61 Å². The summed E-state index contributed by atoms with van der Waals surface area (Å²) >= 11 is 0. The molecular weight excluding hydrogens is 292 g/mol. The summed E-state index contributed by atoms with van der Waals surface area (Å²) in [7, 11) is 1.62. The molecule has 1 N–H and O–H groups in total. The van der Waals surface area contributed by atoms with E-state index in [1.54, 1.807) is 13.3 Å². The van der Waals surface area contributed by atoms with E-state index in [1.807, 2.05) is 55.5 Å². The van der Waals surface area contributed by atoms with Gasteiger partial charge in [0.25, 0.3) is 0 Å². The van der Waals surface area contributed by atoms with Crippen molar-refractivity contribution in [3.63, 3.8) is 0 Å². The molecule has 2 rings (SSSR count). The van der Waals surface area contributed by atoms with Crippen LogP contribution in [0.3, 0.4) is 0 Å². The highest BCUT2D eigenvalue weighted by Gasteiger charge is 2.02. The van der Waals surface area contributed by atoms with E-state index in [4.69, 9.17) is 9.47 Å². The molecule has 0 atom stereocenters. The van der Waals surface area contributed by atoms with Crippen molar-refractivity contribution in [3.05, 3.63) is 59.7 Å². The van der Waals surface area contributed by atoms with Crippen molar-refractivity contribution in [2.45, 2.75) is 13.3 Å². The van der Waals surface area contributed by atoms with Crippen LogP contribution in [0.5, 0.6) is 11.5 Å². The number of rotatable bonds is 7. The SMILES string of the molecule is CCOc1ccc(CC(=O)N/N=C/c2ccc(OC)cc2)cc1. The topological polar surface area (TPSA) is 59.9 Å². The van der Waals surface area contributed by atoms with Crippen LogP contribution in [-0.2, 0) is 11.2 Å². The molecule has 23 heavy (non-hydrogen) atoms. The Labute approximate surface area is 135 Å². The summed E-state index contributed by atoms with van der Waals surface area (Å²) in [6.45, 7) is 2.56. The second kappa shape index (κ2) is 8.58. The van der Waals surface area contributed by atoms with Crippen molar-refractivity contribution in [3.8, 4) is 11.5 Å². The summed E-state index contributed by atoms with van der Waals surface area (Å²) in [5.41, 5.74) is 4.31. The number of amides is 1. The summed E-state index contributed by atoms with van der Waals surface area (Å²) in [6.07, 6.45) is 1.86. The Bertz CT molecular complexity index is 649. The number of methoxy groups -OCH3 is 1. The Morgan fingerprint density at radius 1 is 1.09 bits per heavy atom. The highest BCUT2D eigenvalue weighted by molar-refractivity contribution is 5.83. The Morgan fingerprint density at radius 2 is 1.74 bits per heavy atom. The Morgan fingerprint density at radius 3 is 2.35 bits per heavy atom. The quantitative estimate of drug-likeness (QED) is 0.632. The molecule has 0 saturated carbocycles. The summed E-state index contributed by atoms with van der Waals surface area (Å²) in [6, 6.07) is 14.9. The number of hydrogen-bond acceptors (Lipinski definition) is 4. The van der Waals surface area contributed by atoms with E-state index in [9.17, 15) is 4.79 Å². The van der Waals surface area contributed by atoms with E-state index >= 15 is 0 Å². The van der Waals surface area contributed by atoms with Crippen LogP contribution in [0.25, 0.3) is 0 Å². The number of nitrogens with zero attached hydrogens (tertiary/aromatic N) is 1. The number of benzene rings is 2. The molecule has 0 heterocycles. The van der Waals surface area contributed by atoms with Gasteiger partial charge in [-0.2, -0.15) is 5.10 Å². The molecular formula is C18H20N2O3. The summed E-state index contributed by atoms with van der Waals surface area (Å²) < 4.78 is 10.4. The highest BCUT2D eigenvalue weighted by Crippen LogP contribution is 2.12. The number of carbonyl (C=O) groups excluding carboxylic acids is 1. The second-order valence-corrected chi connectivity index (χ2v) is 4.82. The van der Waals surface area contributed by atoms with Crippen LogP contribution in [0.1, 0.15) is 18.1 Å². The molecule has 0 aliphatic heterocycles. The normalized spacial score (nSPS) is 10.5. The maximum Gasteiger partial charge on any atom is 0.244 e. The molecule has 0 unspecified atom stereocenters. The minimum atomic E-state index is -0.168. The molecule has 120 valence electrons. The van der Waals surface area contributed by atoms with Gasteiger partial charge in [0.05, 0.1) is 26.4 Å². The molecule has 0 spiro atoms. The van der Waals surface area contributed by atoms with Crippen LogP contribution >= 0.6 is 0 Å². The van der Waals surface area contributed by atoms with Crippen LogP contribution in [0.4, 0.5) is 0 Å². The molecule has 0 aromatic heterocycles. The monoisotopic (exact) mass is 312 g/mol. The predicted molar refractivity (Wildman–Crippen MR) is 90.0 cm³/mol. The maximum atomic E-state index is 11.8. The average molecular weight is 312 g/mol. The molecule has 2 aromatic carbocycles. The third kappa shape index (κ3) is 5.47.